The number of carbonyl (C=O) groups excluding carboxylic acids is 1. The van der Waals surface area contributed by atoms with E-state index in [2.05, 4.69) is 16.4 Å². The first-order valence-electron chi connectivity index (χ1n) is 6.77. The monoisotopic (exact) mass is 257 g/mol. The molecule has 4 nitrogen and oxygen atoms in total. The number of nitrogens with one attached hydrogen (secondary N) is 1. The van der Waals surface area contributed by atoms with E-state index in [1.54, 1.807) is 12.4 Å². The van der Waals surface area contributed by atoms with Crippen LogP contribution >= 0.6 is 0 Å². The largest absolute Gasteiger partial charge is 0.351 e. The van der Waals surface area contributed by atoms with Crippen molar-refractivity contribution in [3.05, 3.63) is 29.6 Å². The van der Waals surface area contributed by atoms with Crippen molar-refractivity contribution in [2.24, 2.45) is 5.41 Å². The van der Waals surface area contributed by atoms with Gasteiger partial charge in [-0.2, -0.15) is 5.26 Å². The van der Waals surface area contributed by atoms with E-state index in [1.165, 1.54) is 0 Å². The Morgan fingerprint density at radius 1 is 1.47 bits per heavy atom. The maximum absolute atomic E-state index is 12.3. The van der Waals surface area contributed by atoms with Gasteiger partial charge in [-0.3, -0.25) is 9.78 Å². The van der Waals surface area contributed by atoms with Gasteiger partial charge in [0.1, 0.15) is 5.41 Å². The molecule has 2 rings (SSSR count). The second-order valence-electron chi connectivity index (χ2n) is 5.24. The van der Waals surface area contributed by atoms with Crippen molar-refractivity contribution in [2.45, 2.75) is 45.6 Å². The van der Waals surface area contributed by atoms with Crippen LogP contribution in [0.3, 0.4) is 0 Å². The van der Waals surface area contributed by atoms with Gasteiger partial charge in [-0.25, -0.2) is 0 Å². The van der Waals surface area contributed by atoms with Gasteiger partial charge >= 0.3 is 0 Å². The molecule has 0 unspecified atom stereocenters. The maximum Gasteiger partial charge on any atom is 0.240 e. The number of hydrogen-bond acceptors (Lipinski definition) is 3. The van der Waals surface area contributed by atoms with E-state index in [0.717, 1.165) is 30.4 Å². The molecule has 1 aliphatic carbocycles. The molecule has 0 bridgehead atoms. The fourth-order valence-electron chi connectivity index (χ4n) is 2.57. The zero-order chi connectivity index (χ0) is 13.7. The molecule has 1 heterocycles. The summed E-state index contributed by atoms with van der Waals surface area (Å²) in [5, 5.41) is 12.2. The van der Waals surface area contributed by atoms with Gasteiger partial charge in [0.15, 0.2) is 0 Å². The average Bonchev–Trinajstić information content (AvgIpc) is 2.46. The van der Waals surface area contributed by atoms with Gasteiger partial charge in [-0.1, -0.05) is 19.3 Å². The summed E-state index contributed by atoms with van der Waals surface area (Å²) < 4.78 is 0. The van der Waals surface area contributed by atoms with Crippen molar-refractivity contribution in [2.75, 3.05) is 0 Å². The number of aromatic nitrogens is 1. The zero-order valence-corrected chi connectivity index (χ0v) is 11.3. The third-order valence-corrected chi connectivity index (χ3v) is 3.94. The van der Waals surface area contributed by atoms with Gasteiger partial charge in [0.25, 0.3) is 0 Å². The minimum absolute atomic E-state index is 0.127. The van der Waals surface area contributed by atoms with Crippen LogP contribution in [0.5, 0.6) is 0 Å². The first-order chi connectivity index (χ1) is 9.18. The standard InChI is InChI=1S/C15H19N3O/c1-12-5-8-17-9-13(12)10-18-14(19)15(11-16)6-3-2-4-7-15/h5,8-9H,2-4,6-7,10H2,1H3,(H,18,19). The van der Waals surface area contributed by atoms with Crippen molar-refractivity contribution in [3.63, 3.8) is 0 Å². The molecule has 4 heteroatoms. The van der Waals surface area contributed by atoms with Crippen LogP contribution < -0.4 is 5.32 Å². The second-order valence-corrected chi connectivity index (χ2v) is 5.24. The summed E-state index contributed by atoms with van der Waals surface area (Å²) >= 11 is 0. The van der Waals surface area contributed by atoms with E-state index < -0.39 is 5.41 Å². The molecule has 0 atom stereocenters. The van der Waals surface area contributed by atoms with Gasteiger partial charge in [0, 0.05) is 18.9 Å². The first kappa shape index (κ1) is 13.5. The van der Waals surface area contributed by atoms with E-state index in [0.29, 0.717) is 19.4 Å². The fourth-order valence-corrected chi connectivity index (χ4v) is 2.57. The van der Waals surface area contributed by atoms with Crippen LogP contribution in [0.2, 0.25) is 0 Å². The summed E-state index contributed by atoms with van der Waals surface area (Å²) in [5.41, 5.74) is 1.29. The Morgan fingerprint density at radius 2 is 2.21 bits per heavy atom. The summed E-state index contributed by atoms with van der Waals surface area (Å²) in [4.78, 5) is 16.3. The van der Waals surface area contributed by atoms with Crippen LogP contribution in [-0.2, 0) is 11.3 Å². The minimum Gasteiger partial charge on any atom is -0.351 e. The molecule has 0 saturated heterocycles. The smallest absolute Gasteiger partial charge is 0.240 e. The topological polar surface area (TPSA) is 65.8 Å². The molecule has 1 saturated carbocycles. The molecule has 1 N–H and O–H groups in total. The first-order valence-corrected chi connectivity index (χ1v) is 6.77. The lowest BCUT2D eigenvalue weighted by Crippen LogP contribution is -2.41. The molecule has 0 aromatic carbocycles. The van der Waals surface area contributed by atoms with Gasteiger partial charge in [-0.05, 0) is 37.0 Å². The molecule has 0 radical (unpaired) electrons. The number of aryl methyl sites for hydroxylation is 1. The van der Waals surface area contributed by atoms with Crippen molar-refractivity contribution in [1.82, 2.24) is 10.3 Å². The highest BCUT2D eigenvalue weighted by Gasteiger charge is 2.39. The predicted molar refractivity (Wildman–Crippen MR) is 72.0 cm³/mol. The number of hydrogen-bond donors (Lipinski definition) is 1. The number of pyridine rings is 1. The Labute approximate surface area is 113 Å². The van der Waals surface area contributed by atoms with Crippen LogP contribution in [-0.4, -0.2) is 10.9 Å². The molecule has 1 aromatic rings. The average molecular weight is 257 g/mol. The van der Waals surface area contributed by atoms with Crippen molar-refractivity contribution < 1.29 is 4.79 Å². The normalized spacial score (nSPS) is 17.5. The molecule has 100 valence electrons. The lowest BCUT2D eigenvalue weighted by molar-refractivity contribution is -0.129. The molecule has 1 fully saturated rings. The lowest BCUT2D eigenvalue weighted by Gasteiger charge is -2.29. The zero-order valence-electron chi connectivity index (χ0n) is 11.3. The quantitative estimate of drug-likeness (QED) is 0.904. The molecule has 1 aliphatic rings. The van der Waals surface area contributed by atoms with E-state index in [4.69, 9.17) is 0 Å². The number of rotatable bonds is 3. The van der Waals surface area contributed by atoms with Gasteiger partial charge < -0.3 is 5.32 Å². The van der Waals surface area contributed by atoms with Crippen molar-refractivity contribution in [3.8, 4) is 6.07 Å². The Morgan fingerprint density at radius 3 is 2.84 bits per heavy atom. The third-order valence-electron chi connectivity index (χ3n) is 3.94. The van der Waals surface area contributed by atoms with Gasteiger partial charge in [-0.15, -0.1) is 0 Å². The minimum atomic E-state index is -0.811. The maximum atomic E-state index is 12.3. The fraction of sp³-hybridized carbons (Fsp3) is 0.533. The van der Waals surface area contributed by atoms with Gasteiger partial charge in [0.2, 0.25) is 5.91 Å². The van der Waals surface area contributed by atoms with Gasteiger partial charge in [0.05, 0.1) is 6.07 Å². The summed E-state index contributed by atoms with van der Waals surface area (Å²) in [7, 11) is 0. The Kier molecular flexibility index (Phi) is 4.16. The third kappa shape index (κ3) is 2.93. The number of nitriles is 1. The Bertz CT molecular complexity index is 498. The summed E-state index contributed by atoms with van der Waals surface area (Å²) in [6, 6.07) is 4.16. The second kappa shape index (κ2) is 5.83. The van der Waals surface area contributed by atoms with Crippen LogP contribution in [0.1, 0.15) is 43.2 Å². The number of carbonyl (C=O) groups is 1. The van der Waals surface area contributed by atoms with E-state index in [1.807, 2.05) is 13.0 Å². The van der Waals surface area contributed by atoms with Crippen LogP contribution in [0, 0.1) is 23.7 Å². The van der Waals surface area contributed by atoms with E-state index >= 15 is 0 Å². The predicted octanol–water partition coefficient (Wildman–Crippen LogP) is 2.48. The lowest BCUT2D eigenvalue weighted by atomic mass is 9.74. The Balaban J connectivity index is 2.01. The molecule has 19 heavy (non-hydrogen) atoms. The summed E-state index contributed by atoms with van der Waals surface area (Å²) in [6.07, 6.45) is 7.91. The van der Waals surface area contributed by atoms with Crippen molar-refractivity contribution >= 4 is 5.91 Å². The molecule has 1 aromatic heterocycles. The molecular formula is C15H19N3O. The summed E-state index contributed by atoms with van der Waals surface area (Å²) in [6.45, 7) is 2.44. The highest BCUT2D eigenvalue weighted by molar-refractivity contribution is 5.85. The highest BCUT2D eigenvalue weighted by Crippen LogP contribution is 2.35. The molecular weight excluding hydrogens is 238 g/mol. The van der Waals surface area contributed by atoms with Crippen molar-refractivity contribution in [1.29, 1.82) is 5.26 Å². The molecule has 0 aliphatic heterocycles. The van der Waals surface area contributed by atoms with E-state index in [-0.39, 0.29) is 5.91 Å². The molecule has 1 amide bonds. The number of nitrogens with zero attached hydrogens (tertiary/aromatic N) is 2. The number of amides is 1. The van der Waals surface area contributed by atoms with E-state index in [9.17, 15) is 10.1 Å². The highest BCUT2D eigenvalue weighted by atomic mass is 16.2. The molecule has 0 spiro atoms. The van der Waals surface area contributed by atoms with Crippen LogP contribution in [0.15, 0.2) is 18.5 Å². The van der Waals surface area contributed by atoms with Crippen LogP contribution in [0.4, 0.5) is 0 Å². The summed E-state index contributed by atoms with van der Waals surface area (Å²) in [5.74, 6) is -0.127. The van der Waals surface area contributed by atoms with Crippen LogP contribution in [0.25, 0.3) is 0 Å². The SMILES string of the molecule is Cc1ccncc1CNC(=O)C1(C#N)CCCCC1. The Hall–Kier alpha value is -1.89.